The van der Waals surface area contributed by atoms with Crippen molar-refractivity contribution in [3.8, 4) is 0 Å². The lowest BCUT2D eigenvalue weighted by atomic mass is 10.1. The number of halogens is 1. The molecular weight excluding hydrogens is 376 g/mol. The topological polar surface area (TPSA) is 67.4 Å². The molecule has 2 N–H and O–H groups in total. The SMILES string of the molecule is O=C(N[C@H](NC(=O)c1ccc(Cl)cc1)c1ccccc1)OCc1ccccc1. The molecule has 0 bridgehead atoms. The van der Waals surface area contributed by atoms with Gasteiger partial charge in [-0.15, -0.1) is 0 Å². The number of alkyl carbamates (subject to hydrolysis) is 1. The molecule has 28 heavy (non-hydrogen) atoms. The Morgan fingerprint density at radius 3 is 2.07 bits per heavy atom. The fraction of sp³-hybridized carbons (Fsp3) is 0.0909. The van der Waals surface area contributed by atoms with Crippen LogP contribution in [-0.4, -0.2) is 12.0 Å². The maximum Gasteiger partial charge on any atom is 0.409 e. The van der Waals surface area contributed by atoms with E-state index in [4.69, 9.17) is 16.3 Å². The highest BCUT2D eigenvalue weighted by Crippen LogP contribution is 2.14. The van der Waals surface area contributed by atoms with Gasteiger partial charge in [0.2, 0.25) is 0 Å². The summed E-state index contributed by atoms with van der Waals surface area (Å²) in [6.45, 7) is 0.138. The molecule has 0 fully saturated rings. The van der Waals surface area contributed by atoms with Crippen molar-refractivity contribution in [2.24, 2.45) is 0 Å². The maximum absolute atomic E-state index is 12.6. The van der Waals surface area contributed by atoms with Crippen LogP contribution in [0, 0.1) is 0 Å². The van der Waals surface area contributed by atoms with Gasteiger partial charge in [0.15, 0.2) is 0 Å². The molecular formula is C22H19ClN2O3. The minimum Gasteiger partial charge on any atom is -0.445 e. The van der Waals surface area contributed by atoms with Crippen LogP contribution in [0.5, 0.6) is 0 Å². The van der Waals surface area contributed by atoms with E-state index in [0.717, 1.165) is 11.1 Å². The summed E-state index contributed by atoms with van der Waals surface area (Å²) >= 11 is 5.87. The van der Waals surface area contributed by atoms with Crippen molar-refractivity contribution in [1.29, 1.82) is 0 Å². The fourth-order valence-corrected chi connectivity index (χ4v) is 2.67. The number of carbonyl (C=O) groups excluding carboxylic acids is 2. The number of rotatable bonds is 6. The molecule has 0 unspecified atom stereocenters. The molecule has 3 aromatic rings. The molecule has 0 heterocycles. The molecule has 0 spiro atoms. The van der Waals surface area contributed by atoms with Crippen LogP contribution in [0.2, 0.25) is 5.02 Å². The fourth-order valence-electron chi connectivity index (χ4n) is 2.55. The van der Waals surface area contributed by atoms with E-state index in [1.807, 2.05) is 60.7 Å². The first-order chi connectivity index (χ1) is 13.6. The zero-order valence-corrected chi connectivity index (χ0v) is 15.7. The Balaban J connectivity index is 1.67. The normalized spacial score (nSPS) is 11.3. The Labute approximate surface area is 168 Å². The molecule has 142 valence electrons. The molecule has 0 aliphatic heterocycles. The van der Waals surface area contributed by atoms with Crippen molar-refractivity contribution in [1.82, 2.24) is 10.6 Å². The van der Waals surface area contributed by atoms with Crippen molar-refractivity contribution in [3.05, 3.63) is 107 Å². The average Bonchev–Trinajstić information content (AvgIpc) is 2.73. The maximum atomic E-state index is 12.6. The summed E-state index contributed by atoms with van der Waals surface area (Å²) in [7, 11) is 0. The summed E-state index contributed by atoms with van der Waals surface area (Å²) in [6.07, 6.45) is -1.37. The Morgan fingerprint density at radius 1 is 0.821 bits per heavy atom. The smallest absolute Gasteiger partial charge is 0.409 e. The van der Waals surface area contributed by atoms with E-state index in [-0.39, 0.29) is 12.5 Å². The van der Waals surface area contributed by atoms with E-state index in [2.05, 4.69) is 10.6 Å². The van der Waals surface area contributed by atoms with Gasteiger partial charge < -0.3 is 10.1 Å². The Kier molecular flexibility index (Phi) is 6.65. The van der Waals surface area contributed by atoms with Crippen molar-refractivity contribution in [2.75, 3.05) is 0 Å². The van der Waals surface area contributed by atoms with Crippen LogP contribution < -0.4 is 10.6 Å². The lowest BCUT2D eigenvalue weighted by Crippen LogP contribution is -2.41. The molecule has 0 aromatic heterocycles. The predicted octanol–water partition coefficient (Wildman–Crippen LogP) is 4.70. The molecule has 1 atom stereocenters. The van der Waals surface area contributed by atoms with E-state index >= 15 is 0 Å². The van der Waals surface area contributed by atoms with E-state index in [1.165, 1.54) is 0 Å². The van der Waals surface area contributed by atoms with Crippen LogP contribution in [0.3, 0.4) is 0 Å². The van der Waals surface area contributed by atoms with Crippen molar-refractivity contribution in [2.45, 2.75) is 12.8 Å². The van der Waals surface area contributed by atoms with Gasteiger partial charge in [0, 0.05) is 10.6 Å². The van der Waals surface area contributed by atoms with Crippen LogP contribution in [0.1, 0.15) is 27.7 Å². The minimum absolute atomic E-state index is 0.138. The summed E-state index contributed by atoms with van der Waals surface area (Å²) in [5.41, 5.74) is 2.03. The number of benzene rings is 3. The number of ether oxygens (including phenoxy) is 1. The third kappa shape index (κ3) is 5.59. The summed E-state index contributed by atoms with van der Waals surface area (Å²) in [5, 5.41) is 6.04. The number of nitrogens with one attached hydrogen (secondary N) is 2. The number of hydrogen-bond donors (Lipinski definition) is 2. The van der Waals surface area contributed by atoms with E-state index in [0.29, 0.717) is 10.6 Å². The Hall–Kier alpha value is -3.31. The van der Waals surface area contributed by atoms with Gasteiger partial charge in [0.25, 0.3) is 5.91 Å². The van der Waals surface area contributed by atoms with Crippen molar-refractivity contribution in [3.63, 3.8) is 0 Å². The lowest BCUT2D eigenvalue weighted by molar-refractivity contribution is 0.0920. The van der Waals surface area contributed by atoms with Crippen LogP contribution in [0.4, 0.5) is 4.79 Å². The van der Waals surface area contributed by atoms with Gasteiger partial charge in [-0.3, -0.25) is 10.1 Å². The van der Waals surface area contributed by atoms with Gasteiger partial charge in [-0.2, -0.15) is 0 Å². The number of carbonyl (C=O) groups is 2. The predicted molar refractivity (Wildman–Crippen MR) is 108 cm³/mol. The van der Waals surface area contributed by atoms with Crippen molar-refractivity contribution >= 4 is 23.6 Å². The average molecular weight is 395 g/mol. The second-order valence-corrected chi connectivity index (χ2v) is 6.47. The monoisotopic (exact) mass is 394 g/mol. The summed E-state index contributed by atoms with van der Waals surface area (Å²) in [6, 6.07) is 25.0. The highest BCUT2D eigenvalue weighted by molar-refractivity contribution is 6.30. The first-order valence-corrected chi connectivity index (χ1v) is 9.08. The first kappa shape index (κ1) is 19.5. The molecule has 0 aliphatic carbocycles. The third-order valence-electron chi connectivity index (χ3n) is 3.99. The molecule has 2 amide bonds. The van der Waals surface area contributed by atoms with Gasteiger partial charge in [0.05, 0.1) is 0 Å². The molecule has 5 nitrogen and oxygen atoms in total. The molecule has 0 saturated carbocycles. The van der Waals surface area contributed by atoms with Gasteiger partial charge in [0.1, 0.15) is 12.8 Å². The largest absolute Gasteiger partial charge is 0.445 e. The molecule has 3 aromatic carbocycles. The lowest BCUT2D eigenvalue weighted by Gasteiger charge is -2.20. The second kappa shape index (κ2) is 9.58. The van der Waals surface area contributed by atoms with Crippen LogP contribution >= 0.6 is 11.6 Å². The summed E-state index contributed by atoms with van der Waals surface area (Å²) in [5.74, 6) is -0.339. The molecule has 0 aliphatic rings. The highest BCUT2D eigenvalue weighted by atomic mass is 35.5. The molecule has 3 rings (SSSR count). The van der Waals surface area contributed by atoms with E-state index in [1.54, 1.807) is 24.3 Å². The zero-order chi connectivity index (χ0) is 19.8. The van der Waals surface area contributed by atoms with Crippen LogP contribution in [0.25, 0.3) is 0 Å². The minimum atomic E-state index is -0.743. The third-order valence-corrected chi connectivity index (χ3v) is 4.24. The second-order valence-electron chi connectivity index (χ2n) is 6.03. The first-order valence-electron chi connectivity index (χ1n) is 8.70. The van der Waals surface area contributed by atoms with E-state index in [9.17, 15) is 9.59 Å². The zero-order valence-electron chi connectivity index (χ0n) is 15.0. The van der Waals surface area contributed by atoms with Gasteiger partial charge in [-0.25, -0.2) is 4.79 Å². The quantitative estimate of drug-likeness (QED) is 0.596. The molecule has 6 heteroatoms. The summed E-state index contributed by atoms with van der Waals surface area (Å²) in [4.78, 5) is 24.8. The van der Waals surface area contributed by atoms with Crippen molar-refractivity contribution < 1.29 is 14.3 Å². The molecule has 0 saturated heterocycles. The summed E-state index contributed by atoms with van der Waals surface area (Å²) < 4.78 is 5.26. The number of amides is 2. The van der Waals surface area contributed by atoms with Crippen LogP contribution in [0.15, 0.2) is 84.9 Å². The Bertz CT molecular complexity index is 916. The standard InChI is InChI=1S/C22H19ClN2O3/c23-19-13-11-18(12-14-19)21(26)24-20(17-9-5-2-6-10-17)25-22(27)28-15-16-7-3-1-4-8-16/h1-14,20H,15H2,(H,24,26)(H,25,27)/t20-/m0/s1. The van der Waals surface area contributed by atoms with E-state index < -0.39 is 12.3 Å². The van der Waals surface area contributed by atoms with Gasteiger partial charge >= 0.3 is 6.09 Å². The highest BCUT2D eigenvalue weighted by Gasteiger charge is 2.18. The van der Waals surface area contributed by atoms with Crippen LogP contribution in [-0.2, 0) is 11.3 Å². The van der Waals surface area contributed by atoms with Gasteiger partial charge in [-0.05, 0) is 35.4 Å². The van der Waals surface area contributed by atoms with Gasteiger partial charge in [-0.1, -0.05) is 72.3 Å². The number of hydrogen-bond acceptors (Lipinski definition) is 3. The molecule has 0 radical (unpaired) electrons. The Morgan fingerprint density at radius 2 is 1.43 bits per heavy atom.